The number of rotatable bonds is 7. The highest BCUT2D eigenvalue weighted by molar-refractivity contribution is 8.00. The van der Waals surface area contributed by atoms with Gasteiger partial charge in [-0.05, 0) is 18.1 Å². The van der Waals surface area contributed by atoms with Crippen molar-refractivity contribution in [2.24, 2.45) is 5.16 Å². The summed E-state index contributed by atoms with van der Waals surface area (Å²) in [5.41, 5.74) is 5.79. The van der Waals surface area contributed by atoms with Gasteiger partial charge < -0.3 is 26.3 Å². The van der Waals surface area contributed by atoms with Crippen LogP contribution in [0.2, 0.25) is 0 Å². The number of anilines is 1. The van der Waals surface area contributed by atoms with Gasteiger partial charge in [0.1, 0.15) is 22.8 Å². The number of aliphatic carboxylic acids is 1. The van der Waals surface area contributed by atoms with Crippen LogP contribution in [-0.4, -0.2) is 84.8 Å². The van der Waals surface area contributed by atoms with E-state index in [-0.39, 0.29) is 28.2 Å². The highest BCUT2D eigenvalue weighted by atomic mass is 32.2. The molecule has 5 N–H and O–H groups in total. The van der Waals surface area contributed by atoms with Crippen molar-refractivity contribution in [1.29, 1.82) is 0 Å². The topological polar surface area (TPSA) is 179 Å². The van der Waals surface area contributed by atoms with Crippen LogP contribution in [0.1, 0.15) is 12.1 Å². The molecule has 0 unspecified atom stereocenters. The quantitative estimate of drug-likeness (QED) is 0.0992. The zero-order valence-electron chi connectivity index (χ0n) is 17.6. The van der Waals surface area contributed by atoms with Crippen molar-refractivity contribution in [2.45, 2.75) is 17.8 Å². The van der Waals surface area contributed by atoms with E-state index in [1.54, 1.807) is 17.1 Å². The van der Waals surface area contributed by atoms with E-state index in [4.69, 9.17) is 5.73 Å². The van der Waals surface area contributed by atoms with Crippen molar-refractivity contribution in [1.82, 2.24) is 20.1 Å². The van der Waals surface area contributed by atoms with E-state index in [0.29, 0.717) is 30.7 Å². The summed E-state index contributed by atoms with van der Waals surface area (Å²) in [5, 5.41) is 25.4. The number of thiazole rings is 1. The fraction of sp³-hybridized carbons (Fsp3) is 0.300. The van der Waals surface area contributed by atoms with Crippen LogP contribution < -0.4 is 11.1 Å². The van der Waals surface area contributed by atoms with E-state index in [0.717, 1.165) is 16.2 Å². The minimum Gasteiger partial charge on any atom is -0.477 e. The lowest BCUT2D eigenvalue weighted by atomic mass is 10.0. The summed E-state index contributed by atoms with van der Waals surface area (Å²) >= 11 is 2.31. The Kier molecular flexibility index (Phi) is 6.43. The molecule has 2 atom stereocenters. The number of hydrogen-bond acceptors (Lipinski definition) is 10. The minimum atomic E-state index is -1.31. The molecule has 0 bridgehead atoms. The zero-order valence-corrected chi connectivity index (χ0v) is 19.3. The number of hydrogen-bond donors (Lipinski definition) is 4. The molecule has 1 aromatic heterocycles. The second-order valence-electron chi connectivity index (χ2n) is 7.52. The predicted molar refractivity (Wildman–Crippen MR) is 124 cm³/mol. The number of nitrogens with zero attached hydrogens (tertiary/aromatic N) is 4. The first-order chi connectivity index (χ1) is 16.3. The molecule has 3 aliphatic heterocycles. The molecule has 2 saturated heterocycles. The number of carboxylic acids is 1. The lowest BCUT2D eigenvalue weighted by Crippen LogP contribution is -2.71. The molecule has 3 amide bonds. The van der Waals surface area contributed by atoms with Gasteiger partial charge in [0.15, 0.2) is 10.8 Å². The van der Waals surface area contributed by atoms with Gasteiger partial charge in [-0.15, -0.1) is 29.7 Å². The Morgan fingerprint density at radius 2 is 2.18 bits per heavy atom. The predicted octanol–water partition coefficient (Wildman–Crippen LogP) is -0.0131. The lowest BCUT2D eigenvalue weighted by Gasteiger charge is -2.49. The molecule has 0 aliphatic carbocycles. The number of allylic oxidation sites excluding steroid dienone is 1. The number of aromatic nitrogens is 1. The molecular weight excluding hydrogens is 484 g/mol. The molecule has 2 fully saturated rings. The van der Waals surface area contributed by atoms with E-state index in [1.807, 2.05) is 0 Å². The number of amides is 3. The van der Waals surface area contributed by atoms with E-state index >= 15 is 0 Å². The number of fused-ring (bicyclic) bond motifs is 1. The Labute approximate surface area is 201 Å². The Bertz CT molecular complexity index is 1190. The maximum Gasteiger partial charge on any atom is 0.352 e. The normalized spacial score (nSPS) is 23.8. The molecule has 14 heteroatoms. The largest absolute Gasteiger partial charge is 0.477 e. The maximum absolute atomic E-state index is 12.8. The van der Waals surface area contributed by atoms with Crippen molar-refractivity contribution < 1.29 is 29.5 Å². The van der Waals surface area contributed by atoms with Crippen molar-refractivity contribution >= 4 is 57.6 Å². The number of nitrogens with one attached hydrogen (secondary N) is 1. The Balaban J connectivity index is 1.53. The Morgan fingerprint density at radius 3 is 2.79 bits per heavy atom. The molecular formula is C20H20N6O6S2. The zero-order chi connectivity index (χ0) is 24.6. The molecule has 4 rings (SSSR count). The van der Waals surface area contributed by atoms with Gasteiger partial charge in [0, 0.05) is 29.8 Å². The van der Waals surface area contributed by atoms with Crippen LogP contribution in [0.4, 0.5) is 5.13 Å². The lowest BCUT2D eigenvalue weighted by molar-refractivity contribution is -0.150. The van der Waals surface area contributed by atoms with Crippen LogP contribution in [0, 0.1) is 0 Å². The first kappa shape index (κ1) is 23.5. The third-order valence-electron chi connectivity index (χ3n) is 5.48. The molecule has 34 heavy (non-hydrogen) atoms. The second kappa shape index (κ2) is 9.30. The number of nitrogens with two attached hydrogens (primary N) is 1. The number of β-lactam (4-membered cyclic amide) rings is 1. The summed E-state index contributed by atoms with van der Waals surface area (Å²) in [6.45, 7) is 4.53. The van der Waals surface area contributed by atoms with Crippen LogP contribution in [0.25, 0.3) is 0 Å². The molecule has 0 saturated carbocycles. The highest BCUT2D eigenvalue weighted by Gasteiger charge is 2.54. The molecule has 0 spiro atoms. The minimum absolute atomic E-state index is 0.0502. The van der Waals surface area contributed by atoms with Gasteiger partial charge in [0.25, 0.3) is 11.8 Å². The molecule has 178 valence electrons. The van der Waals surface area contributed by atoms with Crippen LogP contribution in [-0.2, 0) is 19.2 Å². The summed E-state index contributed by atoms with van der Waals surface area (Å²) in [4.78, 5) is 56.6. The van der Waals surface area contributed by atoms with Crippen molar-refractivity contribution in [3.05, 3.63) is 46.6 Å². The smallest absolute Gasteiger partial charge is 0.352 e. The van der Waals surface area contributed by atoms with Crippen LogP contribution >= 0.6 is 23.1 Å². The fourth-order valence-corrected chi connectivity index (χ4v) is 5.77. The van der Waals surface area contributed by atoms with Gasteiger partial charge in [-0.1, -0.05) is 11.2 Å². The summed E-state index contributed by atoms with van der Waals surface area (Å²) < 4.78 is 0. The van der Waals surface area contributed by atoms with Gasteiger partial charge in [-0.25, -0.2) is 9.78 Å². The molecule has 0 radical (unpaired) electrons. The Morgan fingerprint density at radius 1 is 1.41 bits per heavy atom. The van der Waals surface area contributed by atoms with E-state index in [1.165, 1.54) is 17.1 Å². The average molecular weight is 505 g/mol. The monoisotopic (exact) mass is 504 g/mol. The average Bonchev–Trinajstić information content (AvgIpc) is 3.38. The SMILES string of the molecule is C=CCN1CC/C(=C\C2=C(C(=O)O)N3C(=O)[C@@H](NC(=O)/C(=N\O)c4csc(N)n4)[C@H]3SC2)C1=O. The number of oxime groups is 1. The van der Waals surface area contributed by atoms with Gasteiger partial charge in [-0.3, -0.25) is 19.3 Å². The van der Waals surface area contributed by atoms with E-state index in [2.05, 4.69) is 22.0 Å². The van der Waals surface area contributed by atoms with Gasteiger partial charge in [-0.2, -0.15) is 0 Å². The van der Waals surface area contributed by atoms with Gasteiger partial charge in [0.2, 0.25) is 5.91 Å². The fourth-order valence-electron chi connectivity index (χ4n) is 3.91. The third kappa shape index (κ3) is 4.05. The van der Waals surface area contributed by atoms with Crippen LogP contribution in [0.5, 0.6) is 0 Å². The van der Waals surface area contributed by atoms with Gasteiger partial charge >= 0.3 is 5.97 Å². The number of carboxylic acid groups (broad SMARTS) is 1. The molecule has 3 aliphatic rings. The molecule has 12 nitrogen and oxygen atoms in total. The summed E-state index contributed by atoms with van der Waals surface area (Å²) in [7, 11) is 0. The standard InChI is InChI=1S/C20H20N6O6S2/c1-2-4-25-5-3-9(16(25)28)6-10-7-33-18-13(17(29)26(18)14(10)19(30)31)23-15(27)12(24-32)11-8-34-20(21)22-11/h2,6,8,13,18,32H,1,3-5,7H2,(H2,21,22)(H,23,27)(H,30,31)/b9-6+,24-12-/t13-,18-/m1/s1. The molecule has 0 aromatic carbocycles. The van der Waals surface area contributed by atoms with Crippen molar-refractivity contribution in [2.75, 3.05) is 24.6 Å². The summed E-state index contributed by atoms with van der Waals surface area (Å²) in [5.74, 6) is -2.74. The maximum atomic E-state index is 12.8. The number of carbonyl (C=O) groups excluding carboxylic acids is 3. The number of carbonyl (C=O) groups is 4. The number of nitrogen functional groups attached to an aromatic ring is 1. The number of thioether (sulfide) groups is 1. The summed E-state index contributed by atoms with van der Waals surface area (Å²) in [6.07, 6.45) is 3.63. The van der Waals surface area contributed by atoms with E-state index in [9.17, 15) is 29.5 Å². The first-order valence-corrected chi connectivity index (χ1v) is 12.0. The van der Waals surface area contributed by atoms with Crippen LogP contribution in [0.3, 0.4) is 0 Å². The van der Waals surface area contributed by atoms with Crippen LogP contribution in [0.15, 0.2) is 46.1 Å². The summed E-state index contributed by atoms with van der Waals surface area (Å²) in [6, 6.07) is -1.02. The second-order valence-corrected chi connectivity index (χ2v) is 9.51. The third-order valence-corrected chi connectivity index (χ3v) is 7.45. The van der Waals surface area contributed by atoms with E-state index < -0.39 is 34.9 Å². The molecule has 4 heterocycles. The van der Waals surface area contributed by atoms with Gasteiger partial charge in [0.05, 0.1) is 0 Å². The first-order valence-electron chi connectivity index (χ1n) is 10.0. The number of likely N-dealkylation sites (tertiary alicyclic amines) is 1. The molecule has 1 aromatic rings. The Hall–Kier alpha value is -3.65. The van der Waals surface area contributed by atoms with Crippen molar-refractivity contribution in [3.63, 3.8) is 0 Å². The highest BCUT2D eigenvalue weighted by Crippen LogP contribution is 2.41. The van der Waals surface area contributed by atoms with Crippen molar-refractivity contribution in [3.8, 4) is 0 Å².